The fourth-order valence-electron chi connectivity index (χ4n) is 11.3. The average molecular weight is 1110 g/mol. The smallest absolute Gasteiger partial charge is 0.310 e. The van der Waals surface area contributed by atoms with Crippen LogP contribution in [0.15, 0.2) is 127 Å². The van der Waals surface area contributed by atoms with Gasteiger partial charge in [-0.1, -0.05) is 30.3 Å². The van der Waals surface area contributed by atoms with Crippen molar-refractivity contribution in [2.24, 2.45) is 0 Å². The highest BCUT2D eigenvalue weighted by molar-refractivity contribution is 6.14. The second kappa shape index (κ2) is 19.9. The summed E-state index contributed by atoms with van der Waals surface area (Å²) in [4.78, 5) is 63.4. The first-order chi connectivity index (χ1) is 40.4. The number of benzene rings is 7. The van der Waals surface area contributed by atoms with Crippen molar-refractivity contribution >= 4 is 55.0 Å². The number of aromatic nitrogens is 14. The Labute approximate surface area is 478 Å². The molecule has 0 saturated heterocycles. The lowest BCUT2D eigenvalue weighted by Gasteiger charge is -2.21. The molecule has 0 bridgehead atoms. The Morgan fingerprint density at radius 1 is 0.345 bits per heavy atom. The Morgan fingerprint density at radius 2 is 0.702 bits per heavy atom. The van der Waals surface area contributed by atoms with E-state index >= 15 is 0 Å². The highest BCUT2D eigenvalue weighted by Gasteiger charge is 2.32. The predicted molar refractivity (Wildman–Crippen MR) is 317 cm³/mol. The maximum atomic E-state index is 14.3. The van der Waals surface area contributed by atoms with Crippen LogP contribution < -0.4 is 0 Å². The van der Waals surface area contributed by atoms with Crippen LogP contribution >= 0.6 is 0 Å². The van der Waals surface area contributed by atoms with E-state index in [0.29, 0.717) is 98.0 Å². The quantitative estimate of drug-likeness (QED) is 0.132. The molecule has 406 valence electrons. The van der Waals surface area contributed by atoms with Crippen LogP contribution in [0, 0.1) is 68.5 Å². The molecule has 0 N–H and O–H groups in total. The molecule has 0 amide bonds. The summed E-state index contributed by atoms with van der Waals surface area (Å²) in [5.41, 5.74) is 8.27. The second-order valence-electron chi connectivity index (χ2n) is 20.5. The van der Waals surface area contributed by atoms with Crippen molar-refractivity contribution in [3.05, 3.63) is 202 Å². The van der Waals surface area contributed by atoms with Crippen LogP contribution in [0.4, 0.5) is 24.5 Å². The molecule has 0 fully saturated rings. The molecule has 0 atom stereocenters. The molecule has 0 saturated carbocycles. The Kier molecular flexibility index (Phi) is 12.4. The first-order valence-electron chi connectivity index (χ1n) is 26.6. The number of halogens is 3. The molecular weight excluding hydrogens is 1060 g/mol. The van der Waals surface area contributed by atoms with Gasteiger partial charge >= 0.3 is 6.18 Å². The highest BCUT2D eigenvalue weighted by Crippen LogP contribution is 2.48. The summed E-state index contributed by atoms with van der Waals surface area (Å²) in [5.74, 6) is 6.59. The Morgan fingerprint density at radius 3 is 1.06 bits per heavy atom. The van der Waals surface area contributed by atoms with Crippen LogP contribution in [0.3, 0.4) is 0 Å². The van der Waals surface area contributed by atoms with Crippen LogP contribution in [-0.4, -0.2) is 68.9 Å². The monoisotopic (exact) mass is 1110 g/mol. The lowest BCUT2D eigenvalue weighted by Crippen LogP contribution is -2.04. The third kappa shape index (κ3) is 9.13. The van der Waals surface area contributed by atoms with Gasteiger partial charge in [-0.05, 0) is 169 Å². The SMILES string of the molecule is [C-]#[N+]c1cc(C(F)(F)F)ccc1-c1ccc(-n2c3ccc(-c4nc(C)nc(C)n4)cc3c3cc(-c4nc(C)nc(C)n4)ccc32)c(-c2c([N+]#[C-])cccc2-n2c3ccc(-c4nc(C)nc(C)n4)cc3c3cc(-c4nc(C)nc(C)n4)ccc32)c1. The van der Waals surface area contributed by atoms with Gasteiger partial charge in [-0.2, -0.15) is 13.2 Å². The van der Waals surface area contributed by atoms with E-state index < -0.39 is 11.7 Å². The zero-order chi connectivity index (χ0) is 58.5. The molecule has 13 rings (SSSR count). The summed E-state index contributed by atoms with van der Waals surface area (Å²) in [7, 11) is 0. The fourth-order valence-corrected chi connectivity index (χ4v) is 11.3. The van der Waals surface area contributed by atoms with Crippen molar-refractivity contribution in [2.45, 2.75) is 61.6 Å². The van der Waals surface area contributed by atoms with E-state index in [0.717, 1.165) is 78.0 Å². The maximum absolute atomic E-state index is 14.3. The number of aryl methyl sites for hydroxylation is 8. The number of nitrogens with zero attached hydrogens (tertiary/aromatic N) is 16. The van der Waals surface area contributed by atoms with Crippen molar-refractivity contribution in [1.82, 2.24) is 68.9 Å². The van der Waals surface area contributed by atoms with E-state index in [4.69, 9.17) is 53.0 Å². The van der Waals surface area contributed by atoms with Crippen LogP contribution in [-0.2, 0) is 6.18 Å². The second-order valence-corrected chi connectivity index (χ2v) is 20.5. The number of alkyl halides is 3. The standard InChI is InChI=1S/C65H45F3N16/c1-32-71-33(2)76-61(75-32)41-15-22-54-47(27-41)48-28-42(62-77-34(3)72-35(4)78-62)16-23-55(48)83(54)58-21-14-40(46-20-19-45(65(66,67)68)31-53(46)70-10)26-51(58)60-52(69-9)12-11-13-59(60)84-56-24-17-43(63-79-36(5)73-37(6)80-63)29-49(56)50-30-44(18-25-57(50)84)64-81-38(7)74-39(8)82-64/h11-31H,1-8H3. The van der Waals surface area contributed by atoms with E-state index in [1.807, 2.05) is 146 Å². The maximum Gasteiger partial charge on any atom is 0.415 e. The van der Waals surface area contributed by atoms with Crippen molar-refractivity contribution < 1.29 is 13.2 Å². The summed E-state index contributed by atoms with van der Waals surface area (Å²) < 4.78 is 47.1. The molecule has 0 radical (unpaired) electrons. The van der Waals surface area contributed by atoms with Gasteiger partial charge < -0.3 is 9.13 Å². The zero-order valence-electron chi connectivity index (χ0n) is 46.4. The van der Waals surface area contributed by atoms with Crippen molar-refractivity contribution in [2.75, 3.05) is 0 Å². The van der Waals surface area contributed by atoms with Gasteiger partial charge in [-0.25, -0.2) is 69.5 Å². The topological polar surface area (TPSA) is 173 Å². The summed E-state index contributed by atoms with van der Waals surface area (Å²) in [6.45, 7) is 31.7. The van der Waals surface area contributed by atoms with E-state index in [2.05, 4.69) is 50.9 Å². The van der Waals surface area contributed by atoms with Gasteiger partial charge in [0.05, 0.1) is 40.9 Å². The number of rotatable bonds is 8. The lowest BCUT2D eigenvalue weighted by atomic mass is 9.93. The fraction of sp³-hybridized carbons (Fsp3) is 0.138. The molecule has 0 spiro atoms. The van der Waals surface area contributed by atoms with Gasteiger partial charge in [-0.3, -0.25) is 0 Å². The average Bonchev–Trinajstić information content (AvgIpc) is 2.20. The number of hydrogen-bond acceptors (Lipinski definition) is 12. The normalized spacial score (nSPS) is 11.7. The largest absolute Gasteiger partial charge is 0.415 e. The van der Waals surface area contributed by atoms with E-state index in [1.165, 1.54) is 6.07 Å². The molecule has 0 unspecified atom stereocenters. The first kappa shape index (κ1) is 52.3. The van der Waals surface area contributed by atoms with Gasteiger partial charge in [0.1, 0.15) is 46.6 Å². The van der Waals surface area contributed by atoms with Gasteiger partial charge in [0, 0.05) is 60.6 Å². The molecule has 16 nitrogen and oxygen atoms in total. The molecule has 0 aliphatic carbocycles. The zero-order valence-corrected chi connectivity index (χ0v) is 46.4. The minimum absolute atomic E-state index is 0.187. The molecule has 7 aromatic carbocycles. The predicted octanol–water partition coefficient (Wildman–Crippen LogP) is 15.2. The third-order valence-electron chi connectivity index (χ3n) is 14.6. The first-order valence-corrected chi connectivity index (χ1v) is 26.6. The van der Waals surface area contributed by atoms with E-state index in [-0.39, 0.29) is 16.9 Å². The van der Waals surface area contributed by atoms with Gasteiger partial charge in [0.2, 0.25) is 0 Å². The molecule has 6 heterocycles. The van der Waals surface area contributed by atoms with E-state index in [1.54, 1.807) is 6.07 Å². The molecule has 13 aromatic rings. The Balaban J connectivity index is 1.13. The molecule has 6 aromatic heterocycles. The number of fused-ring (bicyclic) bond motifs is 6. The Bertz CT molecular complexity index is 4750. The van der Waals surface area contributed by atoms with Crippen molar-refractivity contribution in [1.29, 1.82) is 0 Å². The van der Waals surface area contributed by atoms with Crippen molar-refractivity contribution in [3.63, 3.8) is 0 Å². The van der Waals surface area contributed by atoms with Crippen LogP contribution in [0.1, 0.15) is 52.2 Å². The molecule has 19 heteroatoms. The minimum Gasteiger partial charge on any atom is -0.310 e. The van der Waals surface area contributed by atoms with Gasteiger partial charge in [-0.15, -0.1) is 0 Å². The summed E-state index contributed by atoms with van der Waals surface area (Å²) >= 11 is 0. The van der Waals surface area contributed by atoms with Crippen LogP contribution in [0.2, 0.25) is 0 Å². The lowest BCUT2D eigenvalue weighted by molar-refractivity contribution is -0.137. The van der Waals surface area contributed by atoms with E-state index in [9.17, 15) is 13.2 Å². The summed E-state index contributed by atoms with van der Waals surface area (Å²) in [6, 6.07) is 38.4. The molecule has 0 aliphatic heterocycles. The summed E-state index contributed by atoms with van der Waals surface area (Å²) in [5, 5.41) is 3.33. The van der Waals surface area contributed by atoms with Gasteiger partial charge in [0.25, 0.3) is 0 Å². The summed E-state index contributed by atoms with van der Waals surface area (Å²) in [6.07, 6.45) is -4.69. The minimum atomic E-state index is -4.69. The van der Waals surface area contributed by atoms with Crippen LogP contribution in [0.25, 0.3) is 132 Å². The highest BCUT2D eigenvalue weighted by atomic mass is 19.4. The molecular formula is C65H45F3N16. The van der Waals surface area contributed by atoms with Crippen molar-refractivity contribution in [3.8, 4) is 79.2 Å². The molecule has 0 aliphatic rings. The van der Waals surface area contributed by atoms with Crippen LogP contribution in [0.5, 0.6) is 0 Å². The third-order valence-corrected chi connectivity index (χ3v) is 14.6. The van der Waals surface area contributed by atoms with Gasteiger partial charge in [0.15, 0.2) is 34.7 Å². The Hall–Kier alpha value is -11.1. The number of hydrogen-bond donors (Lipinski definition) is 0. The molecule has 84 heavy (non-hydrogen) atoms.